The molecule has 9 nitrogen and oxygen atoms in total. The molecule has 3 N–H and O–H groups in total. The van der Waals surface area contributed by atoms with Crippen molar-refractivity contribution in [3.63, 3.8) is 0 Å². The first-order chi connectivity index (χ1) is 15.4. The Kier molecular flexibility index (Phi) is 7.76. The number of carbonyl (C=O) groups excluding carboxylic acids is 4. The maximum atomic E-state index is 12.3. The SMILES string of the molecule is Cc1ccc(C(=O)OCC(=O)NC(=O)NCCc2cccs2)cc1NC(=O)c1ccco1. The third kappa shape index (κ3) is 6.54. The predicted octanol–water partition coefficient (Wildman–Crippen LogP) is 3.13. The summed E-state index contributed by atoms with van der Waals surface area (Å²) in [6.07, 6.45) is 2.03. The highest BCUT2D eigenvalue weighted by atomic mass is 32.1. The normalized spacial score (nSPS) is 10.3. The Morgan fingerprint density at radius 3 is 2.66 bits per heavy atom. The van der Waals surface area contributed by atoms with Crippen LogP contribution in [0.1, 0.15) is 31.4 Å². The molecule has 0 atom stereocenters. The van der Waals surface area contributed by atoms with Crippen LogP contribution in [0.5, 0.6) is 0 Å². The van der Waals surface area contributed by atoms with Gasteiger partial charge in [0, 0.05) is 17.1 Å². The fraction of sp³-hybridized carbons (Fsp3) is 0.182. The van der Waals surface area contributed by atoms with Gasteiger partial charge in [0.05, 0.1) is 11.8 Å². The number of aryl methyl sites for hydroxylation is 1. The Hall–Kier alpha value is -3.92. The number of amides is 4. The van der Waals surface area contributed by atoms with E-state index in [0.717, 1.165) is 10.4 Å². The number of hydrogen-bond donors (Lipinski definition) is 3. The number of anilines is 1. The molecule has 0 aliphatic carbocycles. The number of esters is 1. The van der Waals surface area contributed by atoms with Gasteiger partial charge in [-0.15, -0.1) is 11.3 Å². The van der Waals surface area contributed by atoms with Gasteiger partial charge in [0.2, 0.25) is 0 Å². The lowest BCUT2D eigenvalue weighted by atomic mass is 10.1. The first-order valence-corrected chi connectivity index (χ1v) is 10.5. The van der Waals surface area contributed by atoms with Crippen LogP contribution in [0.3, 0.4) is 0 Å². The number of hydrogen-bond acceptors (Lipinski definition) is 7. The summed E-state index contributed by atoms with van der Waals surface area (Å²) in [5.41, 5.74) is 1.26. The lowest BCUT2D eigenvalue weighted by Gasteiger charge is -2.10. The molecule has 10 heteroatoms. The number of thiophene rings is 1. The summed E-state index contributed by atoms with van der Waals surface area (Å²) in [6, 6.07) is 10.9. The number of imide groups is 1. The summed E-state index contributed by atoms with van der Waals surface area (Å²) < 4.78 is 10.0. The van der Waals surface area contributed by atoms with Gasteiger partial charge in [-0.1, -0.05) is 12.1 Å². The van der Waals surface area contributed by atoms with Crippen LogP contribution in [0, 0.1) is 6.92 Å². The van der Waals surface area contributed by atoms with E-state index in [-0.39, 0.29) is 11.3 Å². The number of furan rings is 1. The average Bonchev–Trinajstić information content (AvgIpc) is 3.48. The van der Waals surface area contributed by atoms with Gasteiger partial charge >= 0.3 is 12.0 Å². The topological polar surface area (TPSA) is 127 Å². The molecule has 0 aliphatic heterocycles. The van der Waals surface area contributed by atoms with Crippen LogP contribution in [-0.2, 0) is 16.0 Å². The monoisotopic (exact) mass is 455 g/mol. The Bertz CT molecular complexity index is 1090. The number of nitrogens with one attached hydrogen (secondary N) is 3. The van der Waals surface area contributed by atoms with Crippen molar-refractivity contribution in [2.75, 3.05) is 18.5 Å². The van der Waals surface area contributed by atoms with Gasteiger partial charge in [0.1, 0.15) is 0 Å². The largest absolute Gasteiger partial charge is 0.459 e. The molecule has 0 saturated carbocycles. The van der Waals surface area contributed by atoms with Crippen molar-refractivity contribution in [3.8, 4) is 0 Å². The highest BCUT2D eigenvalue weighted by Gasteiger charge is 2.15. The molecule has 0 unspecified atom stereocenters. The lowest BCUT2D eigenvalue weighted by molar-refractivity contribution is -0.123. The van der Waals surface area contributed by atoms with E-state index >= 15 is 0 Å². The zero-order chi connectivity index (χ0) is 22.9. The minimum atomic E-state index is -0.772. The summed E-state index contributed by atoms with van der Waals surface area (Å²) >= 11 is 1.58. The Morgan fingerprint density at radius 2 is 1.94 bits per heavy atom. The van der Waals surface area contributed by atoms with Gasteiger partial charge < -0.3 is 19.8 Å². The van der Waals surface area contributed by atoms with Crippen LogP contribution in [0.15, 0.2) is 58.5 Å². The van der Waals surface area contributed by atoms with Gasteiger partial charge in [-0.3, -0.25) is 14.9 Å². The van der Waals surface area contributed by atoms with Crippen molar-refractivity contribution in [2.45, 2.75) is 13.3 Å². The van der Waals surface area contributed by atoms with E-state index in [1.807, 2.05) is 17.5 Å². The summed E-state index contributed by atoms with van der Waals surface area (Å²) in [6.45, 7) is 1.51. The van der Waals surface area contributed by atoms with E-state index in [2.05, 4.69) is 16.0 Å². The second-order valence-corrected chi connectivity index (χ2v) is 7.70. The second-order valence-electron chi connectivity index (χ2n) is 6.67. The van der Waals surface area contributed by atoms with Crippen LogP contribution >= 0.6 is 11.3 Å². The van der Waals surface area contributed by atoms with Crippen molar-refractivity contribution in [2.24, 2.45) is 0 Å². The van der Waals surface area contributed by atoms with Gasteiger partial charge in [0.15, 0.2) is 12.4 Å². The Morgan fingerprint density at radius 1 is 1.09 bits per heavy atom. The van der Waals surface area contributed by atoms with Crippen molar-refractivity contribution in [1.29, 1.82) is 0 Å². The molecule has 0 aliphatic rings. The number of urea groups is 1. The molecule has 2 aromatic heterocycles. The highest BCUT2D eigenvalue weighted by molar-refractivity contribution is 7.09. The van der Waals surface area contributed by atoms with Crippen LogP contribution in [0.2, 0.25) is 0 Å². The third-order valence-corrected chi connectivity index (χ3v) is 5.23. The van der Waals surface area contributed by atoms with Gasteiger partial charge in [-0.05, 0) is 54.6 Å². The Labute approximate surface area is 187 Å². The number of rotatable bonds is 8. The molecule has 166 valence electrons. The number of benzene rings is 1. The third-order valence-electron chi connectivity index (χ3n) is 4.29. The molecule has 0 radical (unpaired) electrons. The van der Waals surface area contributed by atoms with E-state index < -0.39 is 30.4 Å². The van der Waals surface area contributed by atoms with Crippen molar-refractivity contribution in [3.05, 3.63) is 75.9 Å². The van der Waals surface area contributed by atoms with Gasteiger partial charge in [0.25, 0.3) is 11.8 Å². The van der Waals surface area contributed by atoms with Gasteiger partial charge in [-0.2, -0.15) is 0 Å². The molecule has 0 fully saturated rings. The molecule has 0 spiro atoms. The van der Waals surface area contributed by atoms with Crippen molar-refractivity contribution >= 4 is 40.8 Å². The lowest BCUT2D eigenvalue weighted by Crippen LogP contribution is -2.42. The summed E-state index contributed by atoms with van der Waals surface area (Å²) in [4.78, 5) is 49.2. The minimum Gasteiger partial charge on any atom is -0.459 e. The quantitative estimate of drug-likeness (QED) is 0.448. The van der Waals surface area contributed by atoms with Crippen LogP contribution in [0.25, 0.3) is 0 Å². The second kappa shape index (κ2) is 10.9. The van der Waals surface area contributed by atoms with E-state index in [0.29, 0.717) is 18.7 Å². The summed E-state index contributed by atoms with van der Waals surface area (Å²) in [7, 11) is 0. The zero-order valence-corrected chi connectivity index (χ0v) is 18.0. The molecule has 0 saturated heterocycles. The van der Waals surface area contributed by atoms with Crippen LogP contribution in [0.4, 0.5) is 10.5 Å². The molecule has 1 aromatic carbocycles. The summed E-state index contributed by atoms with van der Waals surface area (Å²) in [5, 5.41) is 9.26. The number of carbonyl (C=O) groups is 4. The molecule has 32 heavy (non-hydrogen) atoms. The first-order valence-electron chi connectivity index (χ1n) is 9.65. The molecule has 0 bridgehead atoms. The van der Waals surface area contributed by atoms with E-state index in [1.165, 1.54) is 24.5 Å². The fourth-order valence-electron chi connectivity index (χ4n) is 2.65. The Balaban J connectivity index is 1.46. The maximum Gasteiger partial charge on any atom is 0.338 e. The van der Waals surface area contributed by atoms with E-state index in [9.17, 15) is 19.2 Å². The molecule has 3 aromatic rings. The van der Waals surface area contributed by atoms with Crippen LogP contribution < -0.4 is 16.0 Å². The molecule has 3 rings (SSSR count). The summed E-state index contributed by atoms with van der Waals surface area (Å²) in [5.74, 6) is -1.87. The molecular weight excluding hydrogens is 434 g/mol. The van der Waals surface area contributed by atoms with E-state index in [4.69, 9.17) is 9.15 Å². The highest BCUT2D eigenvalue weighted by Crippen LogP contribution is 2.19. The molecule has 2 heterocycles. The van der Waals surface area contributed by atoms with Gasteiger partial charge in [-0.25, -0.2) is 9.59 Å². The zero-order valence-electron chi connectivity index (χ0n) is 17.2. The minimum absolute atomic E-state index is 0.128. The standard InChI is InChI=1S/C22H21N3O6S/c1-14-6-7-15(12-17(14)24-20(27)18-5-2-10-30-18)21(28)31-13-19(26)25-22(29)23-9-8-16-4-3-11-32-16/h2-7,10-12H,8-9,13H2,1H3,(H,24,27)(H2,23,25,26,29). The van der Waals surface area contributed by atoms with Crippen LogP contribution in [-0.4, -0.2) is 37.0 Å². The average molecular weight is 455 g/mol. The maximum absolute atomic E-state index is 12.3. The van der Waals surface area contributed by atoms with Crippen molar-refractivity contribution in [1.82, 2.24) is 10.6 Å². The fourth-order valence-corrected chi connectivity index (χ4v) is 3.36. The van der Waals surface area contributed by atoms with Crippen molar-refractivity contribution < 1.29 is 28.3 Å². The predicted molar refractivity (Wildman–Crippen MR) is 118 cm³/mol. The molecule has 4 amide bonds. The van der Waals surface area contributed by atoms with E-state index in [1.54, 1.807) is 30.4 Å². The number of ether oxygens (including phenoxy) is 1. The molecular formula is C22H21N3O6S. The smallest absolute Gasteiger partial charge is 0.338 e. The first kappa shape index (κ1) is 22.8.